The van der Waals surface area contributed by atoms with E-state index >= 15 is 0 Å². The molecule has 1 aliphatic carbocycles. The highest BCUT2D eigenvalue weighted by Gasteiger charge is 2.25. The maximum absolute atomic E-state index is 12.4. The lowest BCUT2D eigenvalue weighted by Crippen LogP contribution is -2.47. The molecule has 3 N–H and O–H groups in total. The number of nitrogens with two attached hydrogens (primary N) is 1. The summed E-state index contributed by atoms with van der Waals surface area (Å²) >= 11 is 1.36. The first kappa shape index (κ1) is 17.9. The molecule has 0 aromatic carbocycles. The summed E-state index contributed by atoms with van der Waals surface area (Å²) in [6.07, 6.45) is 8.78. The van der Waals surface area contributed by atoms with Crippen LogP contribution in [0.25, 0.3) is 4.96 Å². The van der Waals surface area contributed by atoms with Crippen molar-refractivity contribution in [3.63, 3.8) is 0 Å². The zero-order valence-corrected chi connectivity index (χ0v) is 14.4. The molecule has 6 nitrogen and oxygen atoms in total. The van der Waals surface area contributed by atoms with Crippen LogP contribution in [0.4, 0.5) is 0 Å². The molecular weight excluding hydrogens is 336 g/mol. The van der Waals surface area contributed by atoms with Crippen molar-refractivity contribution in [1.29, 1.82) is 0 Å². The van der Waals surface area contributed by atoms with E-state index in [2.05, 4.69) is 10.3 Å². The van der Waals surface area contributed by atoms with Gasteiger partial charge in [-0.25, -0.2) is 4.98 Å². The summed E-state index contributed by atoms with van der Waals surface area (Å²) in [5.41, 5.74) is 5.57. The highest BCUT2D eigenvalue weighted by atomic mass is 35.5. The molecule has 1 atom stereocenters. The standard InChI is InChI=1S/C15H20N4O2S.ClH/c16-8-12(10-4-2-1-3-5-10)18-13(20)11-9-17-15-19(14(11)21)6-7-22-15;/h6-7,9-10,12H,1-5,8,16H2,(H,18,20);1H. The summed E-state index contributed by atoms with van der Waals surface area (Å²) in [5.74, 6) is 0.0300. The Hall–Kier alpha value is -1.44. The largest absolute Gasteiger partial charge is 0.348 e. The highest BCUT2D eigenvalue weighted by molar-refractivity contribution is 7.15. The second-order valence-electron chi connectivity index (χ2n) is 5.75. The Bertz CT molecular complexity index is 724. The Morgan fingerprint density at radius 3 is 2.87 bits per heavy atom. The third-order valence-electron chi connectivity index (χ3n) is 4.38. The number of aromatic nitrogens is 2. The second kappa shape index (κ2) is 7.90. The van der Waals surface area contributed by atoms with Crippen LogP contribution in [0.3, 0.4) is 0 Å². The van der Waals surface area contributed by atoms with Crippen LogP contribution >= 0.6 is 23.7 Å². The molecule has 1 saturated carbocycles. The summed E-state index contributed by atoms with van der Waals surface area (Å²) < 4.78 is 1.40. The third-order valence-corrected chi connectivity index (χ3v) is 5.15. The van der Waals surface area contributed by atoms with Crippen LogP contribution in [0.2, 0.25) is 0 Å². The second-order valence-corrected chi connectivity index (χ2v) is 6.62. The predicted molar refractivity (Wildman–Crippen MR) is 93.5 cm³/mol. The molecule has 1 fully saturated rings. The molecule has 2 aromatic rings. The van der Waals surface area contributed by atoms with Crippen LogP contribution in [-0.4, -0.2) is 27.9 Å². The molecule has 126 valence electrons. The Labute approximate surface area is 144 Å². The van der Waals surface area contributed by atoms with Gasteiger partial charge in [0.2, 0.25) is 0 Å². The highest BCUT2D eigenvalue weighted by Crippen LogP contribution is 2.26. The molecule has 0 saturated heterocycles. The summed E-state index contributed by atoms with van der Waals surface area (Å²) in [5, 5.41) is 4.71. The molecule has 1 unspecified atom stereocenters. The number of hydrogen-bond acceptors (Lipinski definition) is 5. The van der Waals surface area contributed by atoms with Crippen molar-refractivity contribution in [1.82, 2.24) is 14.7 Å². The Kier molecular flexibility index (Phi) is 6.15. The molecule has 0 bridgehead atoms. The number of carbonyl (C=O) groups excluding carboxylic acids is 1. The van der Waals surface area contributed by atoms with E-state index in [0.717, 1.165) is 12.8 Å². The number of rotatable bonds is 4. The lowest BCUT2D eigenvalue weighted by atomic mass is 9.84. The number of nitrogens with zero attached hydrogens (tertiary/aromatic N) is 2. The van der Waals surface area contributed by atoms with Gasteiger partial charge < -0.3 is 11.1 Å². The first-order valence-electron chi connectivity index (χ1n) is 7.66. The molecule has 23 heavy (non-hydrogen) atoms. The van der Waals surface area contributed by atoms with Gasteiger partial charge in [-0.3, -0.25) is 14.0 Å². The van der Waals surface area contributed by atoms with E-state index in [1.54, 1.807) is 11.6 Å². The van der Waals surface area contributed by atoms with Crippen LogP contribution in [0, 0.1) is 5.92 Å². The molecule has 8 heteroatoms. The van der Waals surface area contributed by atoms with Gasteiger partial charge in [-0.1, -0.05) is 19.3 Å². The number of halogens is 1. The van der Waals surface area contributed by atoms with Crippen LogP contribution in [0.1, 0.15) is 42.5 Å². The van der Waals surface area contributed by atoms with E-state index in [9.17, 15) is 9.59 Å². The number of amides is 1. The molecule has 3 rings (SSSR count). The van der Waals surface area contributed by atoms with Crippen molar-refractivity contribution in [3.8, 4) is 0 Å². The maximum atomic E-state index is 12.4. The normalized spacial score (nSPS) is 16.7. The fourth-order valence-corrected chi connectivity index (χ4v) is 3.81. The molecule has 0 radical (unpaired) electrons. The third kappa shape index (κ3) is 3.73. The van der Waals surface area contributed by atoms with E-state index in [-0.39, 0.29) is 35.5 Å². The molecular formula is C15H21ClN4O2S. The molecule has 1 aliphatic rings. The minimum atomic E-state index is -0.376. The van der Waals surface area contributed by atoms with Gasteiger partial charge in [0.1, 0.15) is 5.56 Å². The minimum absolute atomic E-state index is 0. The molecule has 2 heterocycles. The number of carbonyl (C=O) groups is 1. The topological polar surface area (TPSA) is 89.5 Å². The van der Waals surface area contributed by atoms with Gasteiger partial charge in [0.15, 0.2) is 4.96 Å². The van der Waals surface area contributed by atoms with E-state index in [0.29, 0.717) is 17.4 Å². The quantitative estimate of drug-likeness (QED) is 0.874. The average Bonchev–Trinajstić information content (AvgIpc) is 3.03. The van der Waals surface area contributed by atoms with E-state index in [4.69, 9.17) is 5.73 Å². The van der Waals surface area contributed by atoms with Crippen LogP contribution in [-0.2, 0) is 0 Å². The minimum Gasteiger partial charge on any atom is -0.348 e. The van der Waals surface area contributed by atoms with Crippen LogP contribution < -0.4 is 16.6 Å². The Balaban J connectivity index is 0.00000192. The zero-order chi connectivity index (χ0) is 15.5. The van der Waals surface area contributed by atoms with E-state index in [1.165, 1.54) is 41.2 Å². The lowest BCUT2D eigenvalue weighted by molar-refractivity contribution is 0.0913. The van der Waals surface area contributed by atoms with Gasteiger partial charge in [-0.2, -0.15) is 0 Å². The van der Waals surface area contributed by atoms with Gasteiger partial charge in [0.05, 0.1) is 0 Å². The van der Waals surface area contributed by atoms with Crippen molar-refractivity contribution >= 4 is 34.6 Å². The number of hydrogen-bond donors (Lipinski definition) is 2. The summed E-state index contributed by atoms with van der Waals surface area (Å²) in [6.45, 7) is 0.395. The maximum Gasteiger partial charge on any atom is 0.271 e. The molecule has 0 aliphatic heterocycles. The number of nitrogens with one attached hydrogen (secondary N) is 1. The van der Waals surface area contributed by atoms with Gasteiger partial charge in [0, 0.05) is 30.4 Å². The van der Waals surface area contributed by atoms with Crippen molar-refractivity contribution in [2.45, 2.75) is 38.1 Å². The van der Waals surface area contributed by atoms with E-state index < -0.39 is 0 Å². The fourth-order valence-electron chi connectivity index (χ4n) is 3.13. The van der Waals surface area contributed by atoms with E-state index in [1.807, 2.05) is 0 Å². The zero-order valence-electron chi connectivity index (χ0n) is 12.7. The van der Waals surface area contributed by atoms with Gasteiger partial charge in [-0.15, -0.1) is 23.7 Å². The summed E-state index contributed by atoms with van der Waals surface area (Å²) in [4.78, 5) is 29.5. The van der Waals surface area contributed by atoms with Crippen molar-refractivity contribution in [2.24, 2.45) is 11.7 Å². The predicted octanol–water partition coefficient (Wildman–Crippen LogP) is 1.82. The molecule has 2 aromatic heterocycles. The number of thiazole rings is 1. The first-order valence-corrected chi connectivity index (χ1v) is 8.54. The average molecular weight is 357 g/mol. The molecule has 1 amide bonds. The van der Waals surface area contributed by atoms with Crippen molar-refractivity contribution in [3.05, 3.63) is 33.7 Å². The lowest BCUT2D eigenvalue weighted by Gasteiger charge is -2.29. The van der Waals surface area contributed by atoms with Crippen molar-refractivity contribution < 1.29 is 4.79 Å². The van der Waals surface area contributed by atoms with Crippen LogP contribution in [0.5, 0.6) is 0 Å². The monoisotopic (exact) mass is 356 g/mol. The summed E-state index contributed by atoms with van der Waals surface area (Å²) in [6, 6.07) is -0.0737. The summed E-state index contributed by atoms with van der Waals surface area (Å²) in [7, 11) is 0. The Morgan fingerprint density at radius 1 is 1.43 bits per heavy atom. The first-order chi connectivity index (χ1) is 10.7. The van der Waals surface area contributed by atoms with Crippen molar-refractivity contribution in [2.75, 3.05) is 6.54 Å². The Morgan fingerprint density at radius 2 is 2.17 bits per heavy atom. The smallest absolute Gasteiger partial charge is 0.271 e. The molecule has 0 spiro atoms. The van der Waals surface area contributed by atoms with Crippen LogP contribution in [0.15, 0.2) is 22.6 Å². The number of fused-ring (bicyclic) bond motifs is 1. The van der Waals surface area contributed by atoms with Gasteiger partial charge in [-0.05, 0) is 18.8 Å². The fraction of sp³-hybridized carbons (Fsp3) is 0.533. The SMILES string of the molecule is Cl.NCC(NC(=O)c1cnc2sccn2c1=O)C1CCCCC1. The van der Waals surface area contributed by atoms with Gasteiger partial charge in [0.25, 0.3) is 11.5 Å². The van der Waals surface area contributed by atoms with Gasteiger partial charge >= 0.3 is 0 Å².